The second-order valence-electron chi connectivity index (χ2n) is 5.61. The third kappa shape index (κ3) is 8.19. The lowest BCUT2D eigenvalue weighted by Crippen LogP contribution is -2.32. The molecule has 6 nitrogen and oxygen atoms in total. The first kappa shape index (κ1) is 19.3. The van der Waals surface area contributed by atoms with E-state index >= 15 is 0 Å². The van der Waals surface area contributed by atoms with Gasteiger partial charge in [0.2, 0.25) is 0 Å². The summed E-state index contributed by atoms with van der Waals surface area (Å²) in [6.45, 7) is 1.09. The van der Waals surface area contributed by atoms with Gasteiger partial charge in [-0.3, -0.25) is 9.59 Å². The summed E-state index contributed by atoms with van der Waals surface area (Å²) in [5.74, 6) is 1.02. The Morgan fingerprint density at radius 2 is 1.04 bits per heavy atom. The van der Waals surface area contributed by atoms with Crippen LogP contribution < -0.4 is 20.1 Å². The van der Waals surface area contributed by atoms with E-state index in [0.717, 1.165) is 12.8 Å². The Morgan fingerprint density at radius 3 is 1.42 bits per heavy atom. The van der Waals surface area contributed by atoms with Gasteiger partial charge in [-0.15, -0.1) is 0 Å². The summed E-state index contributed by atoms with van der Waals surface area (Å²) in [6, 6.07) is 18.4. The molecule has 0 fully saturated rings. The fourth-order valence-electron chi connectivity index (χ4n) is 2.14. The molecule has 0 saturated carbocycles. The molecule has 0 unspecified atom stereocenters. The standard InChI is InChI=1S/C20H24N2O4/c23-19(15-25-17-9-3-1-4-10-17)21-13-7-8-14-22-20(24)16-26-18-11-5-2-6-12-18/h1-6,9-12H,7-8,13-16H2,(H,21,23)(H,22,24). The van der Waals surface area contributed by atoms with Crippen LogP contribution in [-0.4, -0.2) is 38.1 Å². The van der Waals surface area contributed by atoms with E-state index in [9.17, 15) is 9.59 Å². The van der Waals surface area contributed by atoms with E-state index in [-0.39, 0.29) is 25.0 Å². The molecule has 2 aromatic rings. The molecule has 2 N–H and O–H groups in total. The van der Waals surface area contributed by atoms with Crippen molar-refractivity contribution in [3.8, 4) is 11.5 Å². The lowest BCUT2D eigenvalue weighted by Gasteiger charge is -2.08. The lowest BCUT2D eigenvalue weighted by molar-refractivity contribution is -0.124. The number of unbranched alkanes of at least 4 members (excludes halogenated alkanes) is 1. The number of hydrogen-bond acceptors (Lipinski definition) is 4. The van der Waals surface area contributed by atoms with E-state index in [1.807, 2.05) is 36.4 Å². The number of amides is 2. The van der Waals surface area contributed by atoms with Gasteiger partial charge < -0.3 is 20.1 Å². The highest BCUT2D eigenvalue weighted by Crippen LogP contribution is 2.08. The summed E-state index contributed by atoms with van der Waals surface area (Å²) in [6.07, 6.45) is 1.55. The highest BCUT2D eigenvalue weighted by Gasteiger charge is 2.03. The highest BCUT2D eigenvalue weighted by atomic mass is 16.5. The molecule has 26 heavy (non-hydrogen) atoms. The topological polar surface area (TPSA) is 76.7 Å². The van der Waals surface area contributed by atoms with E-state index < -0.39 is 0 Å². The second-order valence-corrected chi connectivity index (χ2v) is 5.61. The van der Waals surface area contributed by atoms with Crippen molar-refractivity contribution in [3.63, 3.8) is 0 Å². The quantitative estimate of drug-likeness (QED) is 0.605. The van der Waals surface area contributed by atoms with Crippen LogP contribution in [0.4, 0.5) is 0 Å². The van der Waals surface area contributed by atoms with Gasteiger partial charge in [0.1, 0.15) is 11.5 Å². The number of carbonyl (C=O) groups excluding carboxylic acids is 2. The average Bonchev–Trinajstić information content (AvgIpc) is 2.69. The van der Waals surface area contributed by atoms with Crippen LogP contribution in [-0.2, 0) is 9.59 Å². The van der Waals surface area contributed by atoms with Gasteiger partial charge in [-0.2, -0.15) is 0 Å². The molecule has 0 aliphatic rings. The van der Waals surface area contributed by atoms with Crippen molar-refractivity contribution >= 4 is 11.8 Å². The lowest BCUT2D eigenvalue weighted by atomic mass is 10.3. The van der Waals surface area contributed by atoms with Crippen molar-refractivity contribution in [2.45, 2.75) is 12.8 Å². The van der Waals surface area contributed by atoms with Gasteiger partial charge >= 0.3 is 0 Å². The fourth-order valence-corrected chi connectivity index (χ4v) is 2.14. The zero-order valence-corrected chi connectivity index (χ0v) is 14.6. The first-order valence-corrected chi connectivity index (χ1v) is 8.63. The van der Waals surface area contributed by atoms with Crippen molar-refractivity contribution < 1.29 is 19.1 Å². The molecule has 2 aromatic carbocycles. The minimum Gasteiger partial charge on any atom is -0.484 e. The third-order valence-corrected chi connectivity index (χ3v) is 3.47. The molecule has 0 aliphatic heterocycles. The monoisotopic (exact) mass is 356 g/mol. The van der Waals surface area contributed by atoms with E-state index in [0.29, 0.717) is 24.6 Å². The van der Waals surface area contributed by atoms with Crippen molar-refractivity contribution in [1.82, 2.24) is 10.6 Å². The Morgan fingerprint density at radius 1 is 0.654 bits per heavy atom. The average molecular weight is 356 g/mol. The molecule has 2 rings (SSSR count). The van der Waals surface area contributed by atoms with Crippen LogP contribution in [0.1, 0.15) is 12.8 Å². The third-order valence-electron chi connectivity index (χ3n) is 3.47. The van der Waals surface area contributed by atoms with Gasteiger partial charge in [0.05, 0.1) is 0 Å². The van der Waals surface area contributed by atoms with Gasteiger partial charge in [-0.1, -0.05) is 36.4 Å². The first-order chi connectivity index (χ1) is 12.7. The number of ether oxygens (including phenoxy) is 2. The van der Waals surface area contributed by atoms with Gasteiger partial charge in [-0.05, 0) is 37.1 Å². The summed E-state index contributed by atoms with van der Waals surface area (Å²) in [5, 5.41) is 5.57. The summed E-state index contributed by atoms with van der Waals surface area (Å²) in [5.41, 5.74) is 0. The van der Waals surface area contributed by atoms with Crippen LogP contribution in [0, 0.1) is 0 Å². The largest absolute Gasteiger partial charge is 0.484 e. The van der Waals surface area contributed by atoms with Crippen molar-refractivity contribution in [2.75, 3.05) is 26.3 Å². The Bertz CT molecular complexity index is 603. The molecule has 0 bridgehead atoms. The predicted molar refractivity (Wildman–Crippen MR) is 99.1 cm³/mol. The molecule has 0 atom stereocenters. The van der Waals surface area contributed by atoms with Crippen LogP contribution in [0.3, 0.4) is 0 Å². The number of carbonyl (C=O) groups is 2. The molecule has 2 amide bonds. The van der Waals surface area contributed by atoms with Gasteiger partial charge in [0.15, 0.2) is 13.2 Å². The van der Waals surface area contributed by atoms with E-state index in [4.69, 9.17) is 9.47 Å². The summed E-state index contributed by atoms with van der Waals surface area (Å²) in [7, 11) is 0. The smallest absolute Gasteiger partial charge is 0.257 e. The number of benzene rings is 2. The Balaban J connectivity index is 1.45. The van der Waals surface area contributed by atoms with E-state index in [1.165, 1.54) is 0 Å². The van der Waals surface area contributed by atoms with Crippen LogP contribution in [0.15, 0.2) is 60.7 Å². The van der Waals surface area contributed by atoms with Crippen LogP contribution in [0.25, 0.3) is 0 Å². The summed E-state index contributed by atoms with van der Waals surface area (Å²) in [4.78, 5) is 23.3. The van der Waals surface area contributed by atoms with Crippen molar-refractivity contribution in [3.05, 3.63) is 60.7 Å². The van der Waals surface area contributed by atoms with Gasteiger partial charge in [-0.25, -0.2) is 0 Å². The zero-order valence-electron chi connectivity index (χ0n) is 14.6. The molecule has 138 valence electrons. The second kappa shape index (κ2) is 11.5. The van der Waals surface area contributed by atoms with Gasteiger partial charge in [0.25, 0.3) is 11.8 Å². The fraction of sp³-hybridized carbons (Fsp3) is 0.300. The van der Waals surface area contributed by atoms with Gasteiger partial charge in [0, 0.05) is 13.1 Å². The molecule has 6 heteroatoms. The highest BCUT2D eigenvalue weighted by molar-refractivity contribution is 5.77. The van der Waals surface area contributed by atoms with Crippen LogP contribution in [0.2, 0.25) is 0 Å². The molecule has 0 aromatic heterocycles. The van der Waals surface area contributed by atoms with Crippen LogP contribution in [0.5, 0.6) is 11.5 Å². The molecule has 0 saturated heterocycles. The summed E-state index contributed by atoms with van der Waals surface area (Å²) < 4.78 is 10.7. The maximum Gasteiger partial charge on any atom is 0.257 e. The van der Waals surface area contributed by atoms with E-state index in [1.54, 1.807) is 24.3 Å². The molecule has 0 spiro atoms. The Hall–Kier alpha value is -3.02. The molecular formula is C20H24N2O4. The van der Waals surface area contributed by atoms with Crippen molar-refractivity contribution in [2.24, 2.45) is 0 Å². The molecule has 0 aliphatic carbocycles. The van der Waals surface area contributed by atoms with Crippen molar-refractivity contribution in [1.29, 1.82) is 0 Å². The molecule has 0 heterocycles. The maximum absolute atomic E-state index is 11.7. The number of rotatable bonds is 11. The maximum atomic E-state index is 11.7. The number of para-hydroxylation sites is 2. The van der Waals surface area contributed by atoms with E-state index in [2.05, 4.69) is 10.6 Å². The first-order valence-electron chi connectivity index (χ1n) is 8.63. The SMILES string of the molecule is O=C(COc1ccccc1)NCCCCNC(=O)COc1ccccc1. The number of hydrogen-bond donors (Lipinski definition) is 2. The Kier molecular flexibility index (Phi) is 8.55. The molecular weight excluding hydrogens is 332 g/mol. The van der Waals surface area contributed by atoms with Crippen LogP contribution >= 0.6 is 0 Å². The Labute approximate surface area is 153 Å². The minimum absolute atomic E-state index is 0.00241. The minimum atomic E-state index is -0.158. The zero-order chi connectivity index (χ0) is 18.5. The number of nitrogens with one attached hydrogen (secondary N) is 2. The summed E-state index contributed by atoms with van der Waals surface area (Å²) >= 11 is 0. The predicted octanol–water partition coefficient (Wildman–Crippen LogP) is 2.16. The molecule has 0 radical (unpaired) electrons. The normalized spacial score (nSPS) is 10.0.